The van der Waals surface area contributed by atoms with Crippen LogP contribution in [-0.2, 0) is 6.54 Å². The van der Waals surface area contributed by atoms with E-state index in [0.717, 1.165) is 44.1 Å². The second kappa shape index (κ2) is 4.88. The minimum Gasteiger partial charge on any atom is -0.314 e. The van der Waals surface area contributed by atoms with Crippen molar-refractivity contribution in [3.63, 3.8) is 0 Å². The lowest BCUT2D eigenvalue weighted by molar-refractivity contribution is 0.230. The molecule has 4 nitrogen and oxygen atoms in total. The van der Waals surface area contributed by atoms with Gasteiger partial charge in [0.15, 0.2) is 0 Å². The molecule has 1 aliphatic rings. The number of nitrogens with one attached hydrogen (secondary N) is 1. The molecule has 0 bridgehead atoms. The maximum absolute atomic E-state index is 5.83. The van der Waals surface area contributed by atoms with Crippen molar-refractivity contribution in [1.29, 1.82) is 0 Å². The van der Waals surface area contributed by atoms with Crippen molar-refractivity contribution in [3.8, 4) is 0 Å². The van der Waals surface area contributed by atoms with Gasteiger partial charge in [0.25, 0.3) is 0 Å². The number of halogens is 1. The molecule has 0 saturated carbocycles. The van der Waals surface area contributed by atoms with Gasteiger partial charge in [-0.1, -0.05) is 11.6 Å². The normalized spacial score (nSPS) is 18.0. The Hall–Kier alpha value is -0.710. The average Bonchev–Trinajstić information content (AvgIpc) is 2.25. The van der Waals surface area contributed by atoms with E-state index < -0.39 is 0 Å². The average molecular weight is 227 g/mol. The monoisotopic (exact) mass is 226 g/mol. The minimum absolute atomic E-state index is 0.499. The zero-order valence-electron chi connectivity index (χ0n) is 8.83. The fourth-order valence-corrected chi connectivity index (χ4v) is 1.78. The first kappa shape index (κ1) is 10.8. The third-order valence-corrected chi connectivity index (χ3v) is 2.90. The summed E-state index contributed by atoms with van der Waals surface area (Å²) in [5.74, 6) is 0. The van der Waals surface area contributed by atoms with E-state index in [-0.39, 0.29) is 0 Å². The second-order valence-corrected chi connectivity index (χ2v) is 4.12. The van der Waals surface area contributed by atoms with Crippen LogP contribution in [0.3, 0.4) is 0 Å². The van der Waals surface area contributed by atoms with E-state index >= 15 is 0 Å². The molecule has 2 heterocycles. The predicted octanol–water partition coefficient (Wildman–Crippen LogP) is 0.844. The van der Waals surface area contributed by atoms with E-state index in [1.165, 1.54) is 0 Å². The Morgan fingerprint density at radius 2 is 2.20 bits per heavy atom. The third kappa shape index (κ3) is 2.87. The van der Waals surface area contributed by atoms with Gasteiger partial charge >= 0.3 is 0 Å². The zero-order chi connectivity index (χ0) is 10.7. The smallest absolute Gasteiger partial charge is 0.150 e. The first-order valence-electron chi connectivity index (χ1n) is 5.17. The van der Waals surface area contributed by atoms with Crippen LogP contribution in [0.5, 0.6) is 0 Å². The number of hydrogen-bond acceptors (Lipinski definition) is 4. The number of hydrogen-bond donors (Lipinski definition) is 1. The second-order valence-electron chi connectivity index (χ2n) is 3.76. The lowest BCUT2D eigenvalue weighted by Crippen LogP contribution is -2.43. The molecular weight excluding hydrogens is 212 g/mol. The van der Waals surface area contributed by atoms with Crippen LogP contribution in [0.2, 0.25) is 5.15 Å². The van der Waals surface area contributed by atoms with Crippen molar-refractivity contribution in [2.24, 2.45) is 0 Å². The molecule has 0 amide bonds. The summed E-state index contributed by atoms with van der Waals surface area (Å²) >= 11 is 5.83. The fourth-order valence-electron chi connectivity index (χ4n) is 1.69. The summed E-state index contributed by atoms with van der Waals surface area (Å²) in [4.78, 5) is 10.9. The Morgan fingerprint density at radius 1 is 1.47 bits per heavy atom. The third-order valence-electron chi connectivity index (χ3n) is 2.53. The molecule has 0 radical (unpaired) electrons. The molecule has 0 spiro atoms. The van der Waals surface area contributed by atoms with Crippen LogP contribution in [0.15, 0.2) is 6.20 Å². The van der Waals surface area contributed by atoms with Crippen LogP contribution in [0, 0.1) is 6.92 Å². The summed E-state index contributed by atoms with van der Waals surface area (Å²) in [5.41, 5.74) is 1.81. The standard InChI is InChI=1S/C10H15ClN4/c1-8-10(11)13-6-9(14-8)7-15-4-2-12-3-5-15/h6,12H,2-5,7H2,1H3. The van der Waals surface area contributed by atoms with Crippen molar-refractivity contribution in [3.05, 3.63) is 22.7 Å². The zero-order valence-corrected chi connectivity index (χ0v) is 9.59. The SMILES string of the molecule is Cc1nc(CN2CCNCC2)cnc1Cl. The van der Waals surface area contributed by atoms with Gasteiger partial charge in [0.1, 0.15) is 5.15 Å². The van der Waals surface area contributed by atoms with Crippen LogP contribution in [0.1, 0.15) is 11.4 Å². The van der Waals surface area contributed by atoms with Crippen LogP contribution in [0.25, 0.3) is 0 Å². The van der Waals surface area contributed by atoms with Crippen LogP contribution >= 0.6 is 11.6 Å². The molecule has 2 rings (SSSR count). The maximum Gasteiger partial charge on any atom is 0.150 e. The predicted molar refractivity (Wildman–Crippen MR) is 59.9 cm³/mol. The fraction of sp³-hybridized carbons (Fsp3) is 0.600. The van der Waals surface area contributed by atoms with Gasteiger partial charge in [-0.05, 0) is 6.92 Å². The van der Waals surface area contributed by atoms with Gasteiger partial charge < -0.3 is 5.32 Å². The molecule has 5 heteroatoms. The summed E-state index contributed by atoms with van der Waals surface area (Å²) in [7, 11) is 0. The highest BCUT2D eigenvalue weighted by molar-refractivity contribution is 6.29. The largest absolute Gasteiger partial charge is 0.314 e. The van der Waals surface area contributed by atoms with E-state index in [4.69, 9.17) is 11.6 Å². The van der Waals surface area contributed by atoms with E-state index in [1.54, 1.807) is 6.20 Å². The molecule has 1 N–H and O–H groups in total. The summed E-state index contributed by atoms with van der Waals surface area (Å²) < 4.78 is 0. The van der Waals surface area contributed by atoms with E-state index in [1.807, 2.05) is 6.92 Å². The van der Waals surface area contributed by atoms with Gasteiger partial charge in [0.05, 0.1) is 17.6 Å². The number of nitrogens with zero attached hydrogens (tertiary/aromatic N) is 3. The van der Waals surface area contributed by atoms with Gasteiger partial charge in [0, 0.05) is 32.7 Å². The van der Waals surface area contributed by atoms with Crippen molar-refractivity contribution in [2.75, 3.05) is 26.2 Å². The Balaban J connectivity index is 2.00. The Bertz CT molecular complexity index is 336. The van der Waals surface area contributed by atoms with Gasteiger partial charge in [-0.3, -0.25) is 9.88 Å². The molecule has 82 valence electrons. The number of aromatic nitrogens is 2. The highest BCUT2D eigenvalue weighted by Crippen LogP contribution is 2.10. The molecule has 1 aromatic rings. The molecule has 0 aliphatic carbocycles. The van der Waals surface area contributed by atoms with E-state index in [9.17, 15) is 0 Å². The Kier molecular flexibility index (Phi) is 3.51. The van der Waals surface area contributed by atoms with Crippen molar-refractivity contribution in [2.45, 2.75) is 13.5 Å². The van der Waals surface area contributed by atoms with Gasteiger partial charge in [-0.25, -0.2) is 4.98 Å². The maximum atomic E-state index is 5.83. The Morgan fingerprint density at radius 3 is 2.87 bits per heavy atom. The lowest BCUT2D eigenvalue weighted by atomic mass is 10.3. The summed E-state index contributed by atoms with van der Waals surface area (Å²) in [6, 6.07) is 0. The molecule has 1 aliphatic heterocycles. The van der Waals surface area contributed by atoms with E-state index in [2.05, 4.69) is 20.2 Å². The molecule has 1 fully saturated rings. The summed E-state index contributed by atoms with van der Waals surface area (Å²) in [6.45, 7) is 7.01. The molecule has 0 aromatic carbocycles. The summed E-state index contributed by atoms with van der Waals surface area (Å²) in [6.07, 6.45) is 1.76. The Labute approximate surface area is 94.7 Å². The first-order chi connectivity index (χ1) is 7.25. The van der Waals surface area contributed by atoms with Gasteiger partial charge in [0.2, 0.25) is 0 Å². The number of aryl methyl sites for hydroxylation is 1. The number of rotatable bonds is 2. The van der Waals surface area contributed by atoms with Gasteiger partial charge in [-0.2, -0.15) is 0 Å². The van der Waals surface area contributed by atoms with Crippen molar-refractivity contribution in [1.82, 2.24) is 20.2 Å². The van der Waals surface area contributed by atoms with Gasteiger partial charge in [-0.15, -0.1) is 0 Å². The van der Waals surface area contributed by atoms with Crippen molar-refractivity contribution < 1.29 is 0 Å². The topological polar surface area (TPSA) is 41.1 Å². The quantitative estimate of drug-likeness (QED) is 0.812. The lowest BCUT2D eigenvalue weighted by Gasteiger charge is -2.26. The molecular formula is C10H15ClN4. The van der Waals surface area contributed by atoms with Crippen molar-refractivity contribution >= 4 is 11.6 Å². The van der Waals surface area contributed by atoms with Crippen LogP contribution < -0.4 is 5.32 Å². The highest BCUT2D eigenvalue weighted by atomic mass is 35.5. The molecule has 1 aromatic heterocycles. The molecule has 0 unspecified atom stereocenters. The molecule has 1 saturated heterocycles. The van der Waals surface area contributed by atoms with Crippen LogP contribution in [0.4, 0.5) is 0 Å². The number of piperazine rings is 1. The van der Waals surface area contributed by atoms with E-state index in [0.29, 0.717) is 5.15 Å². The minimum atomic E-state index is 0.499. The molecule has 15 heavy (non-hydrogen) atoms. The summed E-state index contributed by atoms with van der Waals surface area (Å²) in [5, 5.41) is 3.82. The molecule has 0 atom stereocenters. The van der Waals surface area contributed by atoms with Crippen LogP contribution in [-0.4, -0.2) is 41.0 Å². The first-order valence-corrected chi connectivity index (χ1v) is 5.54. The highest BCUT2D eigenvalue weighted by Gasteiger charge is 2.11.